The molecule has 0 aliphatic heterocycles. The molecule has 0 saturated heterocycles. The summed E-state index contributed by atoms with van der Waals surface area (Å²) in [4.78, 5) is 15.5. The number of hydrogen-bond donors (Lipinski definition) is 0. The molecule has 0 N–H and O–H groups in total. The van der Waals surface area contributed by atoms with E-state index in [9.17, 15) is 0 Å². The Morgan fingerprint density at radius 3 is 1.98 bits per heavy atom. The van der Waals surface area contributed by atoms with Gasteiger partial charge in [0.2, 0.25) is 0 Å². The van der Waals surface area contributed by atoms with E-state index in [-0.39, 0.29) is 0 Å². The van der Waals surface area contributed by atoms with Crippen LogP contribution < -0.4 is 0 Å². The monoisotopic (exact) mass is 691 g/mol. The molecule has 0 spiro atoms. The average molecular weight is 692 g/mol. The van der Waals surface area contributed by atoms with Crippen LogP contribution in [0.3, 0.4) is 0 Å². The Labute approximate surface area is 312 Å². The van der Waals surface area contributed by atoms with Crippen molar-refractivity contribution in [2.45, 2.75) is 6.92 Å². The van der Waals surface area contributed by atoms with Gasteiger partial charge in [0.25, 0.3) is 0 Å². The van der Waals surface area contributed by atoms with Crippen molar-refractivity contribution in [3.05, 3.63) is 182 Å². The summed E-state index contributed by atoms with van der Waals surface area (Å²) >= 11 is 0. The molecule has 0 aliphatic rings. The third kappa shape index (κ3) is 5.53. The number of furan rings is 1. The highest BCUT2D eigenvalue weighted by molar-refractivity contribution is 6.15. The van der Waals surface area contributed by atoms with Crippen molar-refractivity contribution in [3.8, 4) is 45.3 Å². The van der Waals surface area contributed by atoms with E-state index in [2.05, 4.69) is 133 Å². The predicted molar refractivity (Wildman–Crippen MR) is 225 cm³/mol. The molecule has 8 aromatic carbocycles. The van der Waals surface area contributed by atoms with Crippen molar-refractivity contribution in [2.24, 2.45) is 0 Å². The van der Waals surface area contributed by atoms with Crippen LogP contribution in [0.4, 0.5) is 0 Å². The van der Waals surface area contributed by atoms with Gasteiger partial charge in [-0.1, -0.05) is 146 Å². The van der Waals surface area contributed by atoms with Gasteiger partial charge in [0.15, 0.2) is 17.5 Å². The topological polar surface area (TPSA) is 51.8 Å². The Morgan fingerprint density at radius 1 is 0.426 bits per heavy atom. The van der Waals surface area contributed by atoms with Crippen molar-refractivity contribution < 1.29 is 4.42 Å². The average Bonchev–Trinajstić information content (AvgIpc) is 3.62. The summed E-state index contributed by atoms with van der Waals surface area (Å²) in [5, 5.41) is 9.12. The molecule has 4 nitrogen and oxygen atoms in total. The molecular weight excluding hydrogens is 659 g/mol. The van der Waals surface area contributed by atoms with Crippen LogP contribution in [0.5, 0.6) is 0 Å². The highest BCUT2D eigenvalue weighted by Crippen LogP contribution is 2.41. The largest absolute Gasteiger partial charge is 0.456 e. The second kappa shape index (κ2) is 13.1. The lowest BCUT2D eigenvalue weighted by Gasteiger charge is -2.13. The zero-order valence-electron chi connectivity index (χ0n) is 29.6. The quantitative estimate of drug-likeness (QED) is 0.129. The van der Waals surface area contributed by atoms with Crippen molar-refractivity contribution in [2.75, 3.05) is 0 Å². The molecule has 4 heteroatoms. The molecule has 0 atom stereocenters. The molecule has 10 aromatic rings. The molecular formula is C50H33N3O. The number of aromatic nitrogens is 3. The lowest BCUT2D eigenvalue weighted by Crippen LogP contribution is -2.00. The molecule has 2 heterocycles. The predicted octanol–water partition coefficient (Wildman–Crippen LogP) is 13.5. The van der Waals surface area contributed by atoms with Crippen LogP contribution in [0.25, 0.3) is 106 Å². The van der Waals surface area contributed by atoms with Gasteiger partial charge < -0.3 is 4.42 Å². The van der Waals surface area contributed by atoms with Crippen molar-refractivity contribution in [1.29, 1.82) is 0 Å². The van der Waals surface area contributed by atoms with Crippen molar-refractivity contribution in [1.82, 2.24) is 15.0 Å². The zero-order chi connectivity index (χ0) is 36.0. The molecule has 2 aromatic heterocycles. The van der Waals surface area contributed by atoms with Gasteiger partial charge >= 0.3 is 0 Å². The maximum absolute atomic E-state index is 6.60. The Kier molecular flexibility index (Phi) is 7.66. The van der Waals surface area contributed by atoms with Gasteiger partial charge in [0.1, 0.15) is 11.2 Å². The highest BCUT2D eigenvalue weighted by Gasteiger charge is 2.20. The maximum Gasteiger partial charge on any atom is 0.164 e. The molecule has 0 saturated carbocycles. The number of hydrogen-bond acceptors (Lipinski definition) is 4. The summed E-state index contributed by atoms with van der Waals surface area (Å²) < 4.78 is 6.60. The third-order valence-corrected chi connectivity index (χ3v) is 10.2. The lowest BCUT2D eigenvalue weighted by atomic mass is 9.92. The summed E-state index contributed by atoms with van der Waals surface area (Å²) in [7, 11) is 0. The van der Waals surface area contributed by atoms with E-state index in [0.29, 0.717) is 17.5 Å². The smallest absolute Gasteiger partial charge is 0.164 e. The first-order chi connectivity index (χ1) is 26.7. The molecule has 54 heavy (non-hydrogen) atoms. The van der Waals surface area contributed by atoms with Crippen LogP contribution in [-0.2, 0) is 0 Å². The van der Waals surface area contributed by atoms with Crippen LogP contribution in [0, 0.1) is 0 Å². The van der Waals surface area contributed by atoms with Gasteiger partial charge in [-0.25, -0.2) is 15.0 Å². The van der Waals surface area contributed by atoms with Crippen molar-refractivity contribution >= 4 is 60.3 Å². The molecule has 254 valence electrons. The van der Waals surface area contributed by atoms with Gasteiger partial charge in [0.05, 0.1) is 0 Å². The van der Waals surface area contributed by atoms with Crippen LogP contribution in [-0.4, -0.2) is 15.0 Å². The van der Waals surface area contributed by atoms with Crippen LogP contribution >= 0.6 is 0 Å². The van der Waals surface area contributed by atoms with E-state index >= 15 is 0 Å². The number of rotatable bonds is 6. The van der Waals surface area contributed by atoms with Crippen molar-refractivity contribution in [3.63, 3.8) is 0 Å². The van der Waals surface area contributed by atoms with E-state index in [4.69, 9.17) is 19.4 Å². The fourth-order valence-electron chi connectivity index (χ4n) is 7.59. The standard InChI is InChI=1S/C50H33N3O/c1-2-3-5-18-37-28-36-19-10-11-20-40(36)43-29-35(25-26-41(37)43)39-30-44(47-42-21-12-13-22-45(42)54-46(47)31-39)50-52-48(33-15-6-4-7-16-33)51-49(53-50)38-24-23-32-14-8-9-17-34(32)27-38/h2-31H,1H3/b3-2-,18-5-. The van der Waals surface area contributed by atoms with Crippen LogP contribution in [0.2, 0.25) is 0 Å². The van der Waals surface area contributed by atoms with Gasteiger partial charge in [-0.2, -0.15) is 0 Å². The molecule has 0 fully saturated rings. The highest BCUT2D eigenvalue weighted by atomic mass is 16.3. The second-order valence-corrected chi connectivity index (χ2v) is 13.6. The van der Waals surface area contributed by atoms with E-state index in [1.165, 1.54) is 32.5 Å². The summed E-state index contributed by atoms with van der Waals surface area (Å²) in [6.45, 7) is 2.03. The summed E-state index contributed by atoms with van der Waals surface area (Å²) in [6, 6.07) is 55.1. The molecule has 0 bridgehead atoms. The van der Waals surface area contributed by atoms with Gasteiger partial charge in [0, 0.05) is 27.5 Å². The van der Waals surface area contributed by atoms with Gasteiger partial charge in [-0.3, -0.25) is 0 Å². The van der Waals surface area contributed by atoms with E-state index in [1.807, 2.05) is 55.5 Å². The fourth-order valence-corrected chi connectivity index (χ4v) is 7.59. The summed E-state index contributed by atoms with van der Waals surface area (Å²) in [6.07, 6.45) is 8.40. The first-order valence-electron chi connectivity index (χ1n) is 18.2. The minimum atomic E-state index is 0.591. The Hall–Kier alpha value is -7.17. The van der Waals surface area contributed by atoms with E-state index in [1.54, 1.807) is 0 Å². The van der Waals surface area contributed by atoms with Crippen LogP contribution in [0.15, 0.2) is 180 Å². The number of benzene rings is 8. The normalized spacial score (nSPS) is 12.0. The molecule has 0 amide bonds. The zero-order valence-corrected chi connectivity index (χ0v) is 29.6. The van der Waals surface area contributed by atoms with Gasteiger partial charge in [-0.05, 0) is 92.3 Å². The SMILES string of the molecule is C/C=C\C=C/c1cc2ccccc2c2cc(-c3cc(-c4nc(-c5ccccc5)nc(-c5ccc6ccccc6c5)n4)c4c(c3)oc3ccccc34)ccc12. The van der Waals surface area contributed by atoms with E-state index in [0.717, 1.165) is 55.1 Å². The number of nitrogens with zero attached hydrogens (tertiary/aromatic N) is 3. The molecule has 0 unspecified atom stereocenters. The lowest BCUT2D eigenvalue weighted by molar-refractivity contribution is 0.669. The second-order valence-electron chi connectivity index (χ2n) is 13.6. The van der Waals surface area contributed by atoms with Crippen LogP contribution in [0.1, 0.15) is 12.5 Å². The molecule has 0 radical (unpaired) electrons. The number of para-hydroxylation sites is 1. The maximum atomic E-state index is 6.60. The minimum Gasteiger partial charge on any atom is -0.456 e. The summed E-state index contributed by atoms with van der Waals surface area (Å²) in [5.74, 6) is 1.82. The first kappa shape index (κ1) is 31.6. The summed E-state index contributed by atoms with van der Waals surface area (Å²) in [5.41, 5.74) is 7.63. The van der Waals surface area contributed by atoms with E-state index < -0.39 is 0 Å². The molecule has 0 aliphatic carbocycles. The Morgan fingerprint density at radius 2 is 1.13 bits per heavy atom. The minimum absolute atomic E-state index is 0.591. The first-order valence-corrected chi connectivity index (χ1v) is 18.2. The Balaban J connectivity index is 1.23. The Bertz CT molecular complexity index is 3120. The number of fused-ring (bicyclic) bond motifs is 7. The van der Waals surface area contributed by atoms with Gasteiger partial charge in [-0.15, -0.1) is 0 Å². The number of allylic oxidation sites excluding steroid dienone is 3. The third-order valence-electron chi connectivity index (χ3n) is 10.2. The molecule has 10 rings (SSSR count). The fraction of sp³-hybridized carbons (Fsp3) is 0.0200.